The van der Waals surface area contributed by atoms with Gasteiger partial charge in [-0.3, -0.25) is 4.79 Å². The van der Waals surface area contributed by atoms with Crippen molar-refractivity contribution in [1.29, 1.82) is 0 Å². The molecule has 0 bridgehead atoms. The summed E-state index contributed by atoms with van der Waals surface area (Å²) in [6.07, 6.45) is -2.73. The molecule has 2 N–H and O–H groups in total. The number of nitrogens with one attached hydrogen (secondary N) is 1. The number of aliphatic hydroxyl groups excluding tert-OH is 1. The largest absolute Gasteiger partial charge is 0.392 e. The van der Waals surface area contributed by atoms with Gasteiger partial charge >= 0.3 is 0 Å². The fourth-order valence-corrected chi connectivity index (χ4v) is 1.31. The topological polar surface area (TPSA) is 53.1 Å². The van der Waals surface area contributed by atoms with E-state index in [0.29, 0.717) is 0 Å². The average molecular weight is 301 g/mol. The normalized spacial score (nSPS) is 10.8. The van der Waals surface area contributed by atoms with Crippen molar-refractivity contribution in [3.8, 4) is 0 Å². The fourth-order valence-electron chi connectivity index (χ4n) is 0.852. The standard InChI is InChI=1S/C7H6F2INO2/c8-6(9)4-1-3(2-12)5(10)7(13)11-4/h1,6,12H,2H2,(H,11,13). The van der Waals surface area contributed by atoms with Gasteiger partial charge in [0, 0.05) is 0 Å². The van der Waals surface area contributed by atoms with Gasteiger partial charge in [0.1, 0.15) is 0 Å². The molecule has 1 rings (SSSR count). The van der Waals surface area contributed by atoms with Crippen molar-refractivity contribution >= 4 is 22.6 Å². The summed E-state index contributed by atoms with van der Waals surface area (Å²) < 4.78 is 24.5. The summed E-state index contributed by atoms with van der Waals surface area (Å²) in [5.41, 5.74) is -0.837. The zero-order chi connectivity index (χ0) is 10.0. The number of H-pyrrole nitrogens is 1. The molecular formula is C7H6F2INO2. The predicted octanol–water partition coefficient (Wildman–Crippen LogP) is 1.41. The quantitative estimate of drug-likeness (QED) is 0.812. The van der Waals surface area contributed by atoms with Crippen LogP contribution in [0.3, 0.4) is 0 Å². The number of aromatic nitrogens is 1. The number of pyridine rings is 1. The lowest BCUT2D eigenvalue weighted by Crippen LogP contribution is -2.15. The van der Waals surface area contributed by atoms with Crippen LogP contribution < -0.4 is 5.56 Å². The molecule has 3 nitrogen and oxygen atoms in total. The average Bonchev–Trinajstić information content (AvgIpc) is 2.09. The van der Waals surface area contributed by atoms with Crippen LogP contribution in [0.5, 0.6) is 0 Å². The van der Waals surface area contributed by atoms with Crippen molar-refractivity contribution in [2.24, 2.45) is 0 Å². The van der Waals surface area contributed by atoms with Crippen LogP contribution in [-0.2, 0) is 6.61 Å². The first-order chi connectivity index (χ1) is 6.06. The van der Waals surface area contributed by atoms with Crippen molar-refractivity contribution in [2.75, 3.05) is 0 Å². The van der Waals surface area contributed by atoms with Gasteiger partial charge < -0.3 is 10.1 Å². The highest BCUT2D eigenvalue weighted by atomic mass is 127. The number of hydrogen-bond acceptors (Lipinski definition) is 2. The lowest BCUT2D eigenvalue weighted by Gasteiger charge is -2.03. The summed E-state index contributed by atoms with van der Waals surface area (Å²) in [6.45, 7) is -0.415. The maximum atomic E-state index is 12.1. The molecule has 72 valence electrons. The van der Waals surface area contributed by atoms with E-state index in [-0.39, 0.29) is 9.13 Å². The number of hydrogen-bond donors (Lipinski definition) is 2. The Kier molecular flexibility index (Phi) is 3.37. The summed E-state index contributed by atoms with van der Waals surface area (Å²) in [6, 6.07) is 1.09. The number of aromatic amines is 1. The van der Waals surface area contributed by atoms with Crippen LogP contribution in [0.15, 0.2) is 10.9 Å². The van der Waals surface area contributed by atoms with Gasteiger partial charge in [-0.15, -0.1) is 0 Å². The van der Waals surface area contributed by atoms with Gasteiger partial charge in [0.2, 0.25) is 0 Å². The Morgan fingerprint density at radius 1 is 1.62 bits per heavy atom. The van der Waals surface area contributed by atoms with Gasteiger partial charge in [-0.1, -0.05) is 0 Å². The molecule has 0 atom stereocenters. The Balaban J connectivity index is 3.31. The summed E-state index contributed by atoms with van der Waals surface area (Å²) in [4.78, 5) is 13.0. The maximum Gasteiger partial charge on any atom is 0.278 e. The van der Waals surface area contributed by atoms with Crippen LogP contribution >= 0.6 is 22.6 Å². The monoisotopic (exact) mass is 301 g/mol. The molecule has 1 heterocycles. The van der Waals surface area contributed by atoms with E-state index < -0.39 is 24.3 Å². The first kappa shape index (κ1) is 10.6. The van der Waals surface area contributed by atoms with E-state index >= 15 is 0 Å². The molecule has 6 heteroatoms. The molecule has 0 amide bonds. The van der Waals surface area contributed by atoms with Gasteiger partial charge in [0.05, 0.1) is 15.9 Å². The first-order valence-electron chi connectivity index (χ1n) is 3.37. The lowest BCUT2D eigenvalue weighted by molar-refractivity contribution is 0.145. The first-order valence-corrected chi connectivity index (χ1v) is 4.44. The zero-order valence-corrected chi connectivity index (χ0v) is 8.51. The Labute approximate surface area is 85.9 Å². The molecule has 0 fully saturated rings. The SMILES string of the molecule is O=c1[nH]c(C(F)F)cc(CO)c1I. The third-order valence-electron chi connectivity index (χ3n) is 1.47. The van der Waals surface area contributed by atoms with E-state index in [1.54, 1.807) is 22.6 Å². The number of aliphatic hydroxyl groups is 1. The van der Waals surface area contributed by atoms with E-state index in [1.165, 1.54) is 0 Å². The second-order valence-electron chi connectivity index (χ2n) is 2.35. The second kappa shape index (κ2) is 4.14. The van der Waals surface area contributed by atoms with Crippen molar-refractivity contribution < 1.29 is 13.9 Å². The molecular weight excluding hydrogens is 295 g/mol. The molecule has 13 heavy (non-hydrogen) atoms. The highest BCUT2D eigenvalue weighted by Crippen LogP contribution is 2.17. The van der Waals surface area contributed by atoms with E-state index in [9.17, 15) is 13.6 Å². The Morgan fingerprint density at radius 3 is 2.69 bits per heavy atom. The van der Waals surface area contributed by atoms with Gasteiger partial charge in [-0.25, -0.2) is 8.78 Å². The molecule has 1 aromatic rings. The van der Waals surface area contributed by atoms with Gasteiger partial charge in [-0.2, -0.15) is 0 Å². The van der Waals surface area contributed by atoms with Crippen LogP contribution in [0, 0.1) is 3.57 Å². The van der Waals surface area contributed by atoms with Crippen LogP contribution in [0.2, 0.25) is 0 Å². The smallest absolute Gasteiger partial charge is 0.278 e. The highest BCUT2D eigenvalue weighted by molar-refractivity contribution is 14.1. The molecule has 0 aliphatic carbocycles. The Bertz CT molecular complexity index is 364. The number of rotatable bonds is 2. The molecule has 0 aliphatic heterocycles. The van der Waals surface area contributed by atoms with E-state index in [4.69, 9.17) is 5.11 Å². The maximum absolute atomic E-state index is 12.1. The molecule has 0 spiro atoms. The lowest BCUT2D eigenvalue weighted by atomic mass is 10.2. The van der Waals surface area contributed by atoms with Crippen LogP contribution in [0.25, 0.3) is 0 Å². The van der Waals surface area contributed by atoms with Crippen molar-refractivity contribution in [1.82, 2.24) is 4.98 Å². The summed E-state index contributed by atoms with van der Waals surface area (Å²) >= 11 is 1.70. The summed E-state index contributed by atoms with van der Waals surface area (Å²) in [7, 11) is 0. The minimum Gasteiger partial charge on any atom is -0.392 e. The molecule has 1 aromatic heterocycles. The van der Waals surface area contributed by atoms with Crippen molar-refractivity contribution in [3.63, 3.8) is 0 Å². The van der Waals surface area contributed by atoms with Crippen LogP contribution in [-0.4, -0.2) is 10.1 Å². The third kappa shape index (κ3) is 2.25. The number of halogens is 3. The third-order valence-corrected chi connectivity index (χ3v) is 2.66. The van der Waals surface area contributed by atoms with Gasteiger partial charge in [0.15, 0.2) is 0 Å². The molecule has 0 saturated carbocycles. The summed E-state index contributed by atoms with van der Waals surface area (Å²) in [5.74, 6) is 0. The summed E-state index contributed by atoms with van der Waals surface area (Å²) in [5, 5.41) is 8.75. The predicted molar refractivity (Wildman–Crippen MR) is 50.7 cm³/mol. The fraction of sp³-hybridized carbons (Fsp3) is 0.286. The van der Waals surface area contributed by atoms with E-state index in [2.05, 4.69) is 0 Å². The molecule has 0 radical (unpaired) electrons. The molecule has 0 aliphatic rings. The Morgan fingerprint density at radius 2 is 2.23 bits per heavy atom. The molecule has 0 aromatic carbocycles. The minimum absolute atomic E-state index is 0.222. The number of alkyl halides is 2. The Hall–Kier alpha value is -0.500. The van der Waals surface area contributed by atoms with Crippen LogP contribution in [0.1, 0.15) is 17.7 Å². The van der Waals surface area contributed by atoms with Gasteiger partial charge in [0.25, 0.3) is 12.0 Å². The van der Waals surface area contributed by atoms with Crippen molar-refractivity contribution in [2.45, 2.75) is 13.0 Å². The molecule has 0 unspecified atom stereocenters. The van der Waals surface area contributed by atoms with E-state index in [1.807, 2.05) is 4.98 Å². The zero-order valence-electron chi connectivity index (χ0n) is 6.35. The highest BCUT2D eigenvalue weighted by Gasteiger charge is 2.12. The van der Waals surface area contributed by atoms with E-state index in [0.717, 1.165) is 6.07 Å². The molecule has 0 saturated heterocycles. The van der Waals surface area contributed by atoms with Crippen molar-refractivity contribution in [3.05, 3.63) is 31.2 Å². The van der Waals surface area contributed by atoms with Gasteiger partial charge in [-0.05, 0) is 34.2 Å². The minimum atomic E-state index is -2.73. The second-order valence-corrected chi connectivity index (χ2v) is 3.43. The van der Waals surface area contributed by atoms with Crippen LogP contribution in [0.4, 0.5) is 8.78 Å².